The Hall–Kier alpha value is -1.79. The highest BCUT2D eigenvalue weighted by Crippen LogP contribution is 2.24. The van der Waals surface area contributed by atoms with Crippen molar-refractivity contribution in [3.8, 4) is 11.4 Å². The van der Waals surface area contributed by atoms with Crippen molar-refractivity contribution in [1.82, 2.24) is 20.4 Å². The number of rotatable bonds is 4. The van der Waals surface area contributed by atoms with E-state index < -0.39 is 0 Å². The standard InChI is InChI=1S/C13H14N4OS/c1-3-14-8(2)13-16-12(17-18-13)9-6-11-10(15-7-9)4-5-19-11/h4-8,14H,3H2,1-2H3. The van der Waals surface area contributed by atoms with Crippen LogP contribution >= 0.6 is 11.3 Å². The quantitative estimate of drug-likeness (QED) is 0.792. The molecule has 0 saturated heterocycles. The topological polar surface area (TPSA) is 63.8 Å². The van der Waals surface area contributed by atoms with Crippen LogP contribution < -0.4 is 5.32 Å². The van der Waals surface area contributed by atoms with Crippen molar-refractivity contribution < 1.29 is 4.52 Å². The molecular weight excluding hydrogens is 260 g/mol. The highest BCUT2D eigenvalue weighted by Gasteiger charge is 2.14. The fraction of sp³-hybridized carbons (Fsp3) is 0.308. The van der Waals surface area contributed by atoms with E-state index in [1.807, 2.05) is 31.4 Å². The molecule has 1 atom stereocenters. The summed E-state index contributed by atoms with van der Waals surface area (Å²) in [6, 6.07) is 4.10. The first-order valence-electron chi connectivity index (χ1n) is 6.18. The zero-order valence-electron chi connectivity index (χ0n) is 10.8. The zero-order valence-corrected chi connectivity index (χ0v) is 11.6. The van der Waals surface area contributed by atoms with E-state index in [1.165, 1.54) is 0 Å². The third kappa shape index (κ3) is 2.36. The molecule has 0 aliphatic heterocycles. The minimum atomic E-state index is 0.0599. The predicted octanol–water partition coefficient (Wildman–Crippen LogP) is 3.02. The van der Waals surface area contributed by atoms with Crippen LogP contribution in [0.1, 0.15) is 25.8 Å². The minimum Gasteiger partial charge on any atom is -0.337 e. The molecular formula is C13H14N4OS. The molecule has 6 heteroatoms. The second-order valence-electron chi connectivity index (χ2n) is 4.26. The highest BCUT2D eigenvalue weighted by atomic mass is 32.1. The van der Waals surface area contributed by atoms with Crippen LogP contribution in [0.3, 0.4) is 0 Å². The van der Waals surface area contributed by atoms with Crippen LogP contribution in [0.2, 0.25) is 0 Å². The maximum absolute atomic E-state index is 5.28. The van der Waals surface area contributed by atoms with Gasteiger partial charge in [-0.3, -0.25) is 4.98 Å². The van der Waals surface area contributed by atoms with Crippen LogP contribution in [0, 0.1) is 0 Å². The molecule has 0 spiro atoms. The van der Waals surface area contributed by atoms with Gasteiger partial charge in [0, 0.05) is 11.8 Å². The Morgan fingerprint density at radius 3 is 3.21 bits per heavy atom. The Bertz CT molecular complexity index is 691. The van der Waals surface area contributed by atoms with Crippen molar-refractivity contribution in [2.75, 3.05) is 6.54 Å². The van der Waals surface area contributed by atoms with E-state index in [2.05, 4.69) is 20.4 Å². The van der Waals surface area contributed by atoms with Gasteiger partial charge in [-0.25, -0.2) is 0 Å². The van der Waals surface area contributed by atoms with E-state index in [4.69, 9.17) is 4.52 Å². The molecule has 0 aliphatic carbocycles. The van der Waals surface area contributed by atoms with Gasteiger partial charge in [-0.05, 0) is 31.0 Å². The molecule has 1 unspecified atom stereocenters. The summed E-state index contributed by atoms with van der Waals surface area (Å²) < 4.78 is 6.41. The van der Waals surface area contributed by atoms with Gasteiger partial charge < -0.3 is 9.84 Å². The molecule has 0 amide bonds. The van der Waals surface area contributed by atoms with Gasteiger partial charge in [-0.15, -0.1) is 11.3 Å². The maximum atomic E-state index is 5.28. The van der Waals surface area contributed by atoms with E-state index in [-0.39, 0.29) is 6.04 Å². The second-order valence-corrected chi connectivity index (χ2v) is 5.21. The van der Waals surface area contributed by atoms with Crippen LogP contribution in [-0.2, 0) is 0 Å². The van der Waals surface area contributed by atoms with Gasteiger partial charge in [0.1, 0.15) is 0 Å². The Balaban J connectivity index is 1.93. The monoisotopic (exact) mass is 274 g/mol. The van der Waals surface area contributed by atoms with Gasteiger partial charge in [0.05, 0.1) is 16.3 Å². The average molecular weight is 274 g/mol. The number of nitrogens with zero attached hydrogens (tertiary/aromatic N) is 3. The van der Waals surface area contributed by atoms with Gasteiger partial charge in [-0.1, -0.05) is 12.1 Å². The first kappa shape index (κ1) is 12.3. The molecule has 19 heavy (non-hydrogen) atoms. The zero-order chi connectivity index (χ0) is 13.2. The fourth-order valence-electron chi connectivity index (χ4n) is 1.89. The van der Waals surface area contributed by atoms with E-state index in [9.17, 15) is 0 Å². The van der Waals surface area contributed by atoms with Crippen molar-refractivity contribution in [3.05, 3.63) is 29.6 Å². The fourth-order valence-corrected chi connectivity index (χ4v) is 2.67. The van der Waals surface area contributed by atoms with E-state index in [1.54, 1.807) is 17.5 Å². The van der Waals surface area contributed by atoms with Crippen LogP contribution in [0.15, 0.2) is 28.2 Å². The van der Waals surface area contributed by atoms with Crippen molar-refractivity contribution in [2.45, 2.75) is 19.9 Å². The molecule has 1 N–H and O–H groups in total. The van der Waals surface area contributed by atoms with Crippen molar-refractivity contribution in [1.29, 1.82) is 0 Å². The minimum absolute atomic E-state index is 0.0599. The summed E-state index contributed by atoms with van der Waals surface area (Å²) in [4.78, 5) is 8.80. The lowest BCUT2D eigenvalue weighted by Crippen LogP contribution is -2.17. The van der Waals surface area contributed by atoms with Crippen molar-refractivity contribution in [3.63, 3.8) is 0 Å². The van der Waals surface area contributed by atoms with Gasteiger partial charge in [0.25, 0.3) is 0 Å². The maximum Gasteiger partial charge on any atom is 0.243 e. The largest absolute Gasteiger partial charge is 0.337 e. The number of pyridine rings is 1. The van der Waals surface area contributed by atoms with Crippen LogP contribution in [-0.4, -0.2) is 21.7 Å². The lowest BCUT2D eigenvalue weighted by Gasteiger charge is -2.04. The molecule has 3 aromatic rings. The summed E-state index contributed by atoms with van der Waals surface area (Å²) in [5.41, 5.74) is 1.88. The van der Waals surface area contributed by atoms with E-state index in [0.717, 1.165) is 22.3 Å². The molecule has 0 aliphatic rings. The third-order valence-electron chi connectivity index (χ3n) is 2.88. The normalized spacial score (nSPS) is 12.9. The number of nitrogens with one attached hydrogen (secondary N) is 1. The van der Waals surface area contributed by atoms with E-state index in [0.29, 0.717) is 11.7 Å². The lowest BCUT2D eigenvalue weighted by atomic mass is 10.2. The van der Waals surface area contributed by atoms with Gasteiger partial charge in [0.15, 0.2) is 0 Å². The third-order valence-corrected chi connectivity index (χ3v) is 3.74. The molecule has 0 fully saturated rings. The SMILES string of the molecule is CCNC(C)c1nc(-c2cnc3ccsc3c2)no1. The summed E-state index contributed by atoms with van der Waals surface area (Å²) in [6.07, 6.45) is 1.78. The first-order chi connectivity index (χ1) is 9.28. The molecule has 0 radical (unpaired) electrons. The Kier molecular flexibility index (Phi) is 3.27. The average Bonchev–Trinajstić information content (AvgIpc) is 3.07. The summed E-state index contributed by atoms with van der Waals surface area (Å²) in [5.74, 6) is 1.19. The molecule has 0 aromatic carbocycles. The van der Waals surface area contributed by atoms with Crippen molar-refractivity contribution in [2.24, 2.45) is 0 Å². The predicted molar refractivity (Wildman–Crippen MR) is 75.0 cm³/mol. The van der Waals surface area contributed by atoms with Crippen LogP contribution in [0.4, 0.5) is 0 Å². The van der Waals surface area contributed by atoms with Crippen LogP contribution in [0.25, 0.3) is 21.6 Å². The molecule has 5 nitrogen and oxygen atoms in total. The molecule has 98 valence electrons. The molecule has 0 saturated carbocycles. The molecule has 3 heterocycles. The van der Waals surface area contributed by atoms with Gasteiger partial charge >= 0.3 is 0 Å². The van der Waals surface area contributed by atoms with Crippen LogP contribution in [0.5, 0.6) is 0 Å². The smallest absolute Gasteiger partial charge is 0.243 e. The Morgan fingerprint density at radius 1 is 1.47 bits per heavy atom. The molecule has 0 bridgehead atoms. The lowest BCUT2D eigenvalue weighted by molar-refractivity contribution is 0.342. The van der Waals surface area contributed by atoms with E-state index >= 15 is 0 Å². The summed E-state index contributed by atoms with van der Waals surface area (Å²) in [6.45, 7) is 4.91. The van der Waals surface area contributed by atoms with Crippen molar-refractivity contribution >= 4 is 21.6 Å². The first-order valence-corrected chi connectivity index (χ1v) is 7.06. The second kappa shape index (κ2) is 5.07. The molecule has 3 aromatic heterocycles. The van der Waals surface area contributed by atoms with Gasteiger partial charge in [0.2, 0.25) is 11.7 Å². The number of aromatic nitrogens is 3. The summed E-state index contributed by atoms with van der Waals surface area (Å²) in [5, 5.41) is 9.29. The number of hydrogen-bond donors (Lipinski definition) is 1. The highest BCUT2D eigenvalue weighted by molar-refractivity contribution is 7.17. The summed E-state index contributed by atoms with van der Waals surface area (Å²) >= 11 is 1.66. The number of thiophene rings is 1. The Labute approximate surface area is 114 Å². The Morgan fingerprint density at radius 2 is 2.37 bits per heavy atom. The van der Waals surface area contributed by atoms with Gasteiger partial charge in [-0.2, -0.15) is 4.98 Å². The number of fused-ring (bicyclic) bond motifs is 1. The molecule has 3 rings (SSSR count). The summed E-state index contributed by atoms with van der Waals surface area (Å²) in [7, 11) is 0. The number of hydrogen-bond acceptors (Lipinski definition) is 6.